The smallest absolute Gasteiger partial charge is 0.193 e. The maximum atomic E-state index is 4.52. The molecule has 1 aliphatic heterocycles. The van der Waals surface area contributed by atoms with E-state index in [2.05, 4.69) is 33.4 Å². The highest BCUT2D eigenvalue weighted by Gasteiger charge is 2.28. The molecule has 1 aromatic heterocycles. The number of nitrogens with one attached hydrogen (secondary N) is 1. The maximum Gasteiger partial charge on any atom is 0.193 e. The van der Waals surface area contributed by atoms with E-state index in [4.69, 9.17) is 0 Å². The largest absolute Gasteiger partial charge is 0.356 e. The van der Waals surface area contributed by atoms with Crippen molar-refractivity contribution in [1.29, 1.82) is 0 Å². The van der Waals surface area contributed by atoms with Crippen molar-refractivity contribution in [3.63, 3.8) is 0 Å². The molecule has 1 aliphatic carbocycles. The average molecular weight is 317 g/mol. The number of guanidine groups is 1. The van der Waals surface area contributed by atoms with E-state index in [-0.39, 0.29) is 0 Å². The zero-order chi connectivity index (χ0) is 16.2. The Morgan fingerprint density at radius 1 is 1.35 bits per heavy atom. The van der Waals surface area contributed by atoms with E-state index in [1.54, 1.807) is 0 Å². The summed E-state index contributed by atoms with van der Waals surface area (Å²) >= 11 is 0. The third-order valence-electron chi connectivity index (χ3n) is 5.71. The van der Waals surface area contributed by atoms with Gasteiger partial charge in [-0.1, -0.05) is 26.2 Å². The van der Waals surface area contributed by atoms with Crippen LogP contribution in [0.5, 0.6) is 0 Å². The fourth-order valence-electron chi connectivity index (χ4n) is 4.13. The Bertz CT molecular complexity index is 535. The monoisotopic (exact) mass is 317 g/mol. The number of likely N-dealkylation sites (tertiary alicyclic amines) is 1. The van der Waals surface area contributed by atoms with Crippen molar-refractivity contribution in [2.24, 2.45) is 23.9 Å². The SMILES string of the molecule is CN=C(NCC1CCCCC1C)N1CCC(c2cnn(C)c2)C1. The highest BCUT2D eigenvalue weighted by atomic mass is 15.3. The van der Waals surface area contributed by atoms with Gasteiger partial charge in [0.05, 0.1) is 6.20 Å². The molecule has 2 heterocycles. The molecule has 0 bridgehead atoms. The Labute approximate surface area is 140 Å². The summed E-state index contributed by atoms with van der Waals surface area (Å²) in [6.45, 7) is 5.61. The minimum Gasteiger partial charge on any atom is -0.356 e. The van der Waals surface area contributed by atoms with Crippen molar-refractivity contribution >= 4 is 5.96 Å². The molecule has 3 rings (SSSR count). The molecule has 0 radical (unpaired) electrons. The first-order chi connectivity index (χ1) is 11.2. The van der Waals surface area contributed by atoms with Gasteiger partial charge in [0.2, 0.25) is 0 Å². The van der Waals surface area contributed by atoms with Gasteiger partial charge in [-0.2, -0.15) is 5.10 Å². The summed E-state index contributed by atoms with van der Waals surface area (Å²) in [5.74, 6) is 3.30. The van der Waals surface area contributed by atoms with Gasteiger partial charge in [0, 0.05) is 45.8 Å². The highest BCUT2D eigenvalue weighted by molar-refractivity contribution is 5.80. The second-order valence-electron chi connectivity index (χ2n) is 7.33. The van der Waals surface area contributed by atoms with Gasteiger partial charge in [-0.25, -0.2) is 0 Å². The fraction of sp³-hybridized carbons (Fsp3) is 0.778. The van der Waals surface area contributed by atoms with Gasteiger partial charge in [0.25, 0.3) is 0 Å². The lowest BCUT2D eigenvalue weighted by atomic mass is 9.80. The molecule has 23 heavy (non-hydrogen) atoms. The molecule has 2 fully saturated rings. The van der Waals surface area contributed by atoms with Crippen LogP contribution in [-0.2, 0) is 7.05 Å². The Kier molecular flexibility index (Phi) is 5.23. The van der Waals surface area contributed by atoms with Crippen LogP contribution < -0.4 is 5.32 Å². The van der Waals surface area contributed by atoms with Gasteiger partial charge in [-0.05, 0) is 30.2 Å². The molecule has 0 spiro atoms. The molecule has 0 aromatic carbocycles. The predicted octanol–water partition coefficient (Wildman–Crippen LogP) is 2.61. The fourth-order valence-corrected chi connectivity index (χ4v) is 4.13. The number of nitrogens with zero attached hydrogens (tertiary/aromatic N) is 4. The predicted molar refractivity (Wildman–Crippen MR) is 94.6 cm³/mol. The molecule has 3 atom stereocenters. The summed E-state index contributed by atoms with van der Waals surface area (Å²) in [5.41, 5.74) is 1.35. The van der Waals surface area contributed by atoms with Gasteiger partial charge in [0.1, 0.15) is 0 Å². The second-order valence-corrected chi connectivity index (χ2v) is 7.33. The van der Waals surface area contributed by atoms with Crippen molar-refractivity contribution in [2.75, 3.05) is 26.7 Å². The zero-order valence-electron chi connectivity index (χ0n) is 14.8. The molecule has 1 saturated heterocycles. The number of rotatable bonds is 3. The van der Waals surface area contributed by atoms with Crippen molar-refractivity contribution < 1.29 is 0 Å². The second kappa shape index (κ2) is 7.37. The number of hydrogen-bond acceptors (Lipinski definition) is 2. The van der Waals surface area contributed by atoms with Gasteiger partial charge >= 0.3 is 0 Å². The Morgan fingerprint density at radius 2 is 2.17 bits per heavy atom. The van der Waals surface area contributed by atoms with Crippen LogP contribution in [0.4, 0.5) is 0 Å². The molecule has 128 valence electrons. The Morgan fingerprint density at radius 3 is 2.87 bits per heavy atom. The maximum absolute atomic E-state index is 4.52. The van der Waals surface area contributed by atoms with Crippen LogP contribution in [0.3, 0.4) is 0 Å². The van der Waals surface area contributed by atoms with E-state index in [0.717, 1.165) is 37.4 Å². The van der Waals surface area contributed by atoms with Crippen LogP contribution in [0.2, 0.25) is 0 Å². The molecule has 0 amide bonds. The van der Waals surface area contributed by atoms with Crippen LogP contribution in [0, 0.1) is 11.8 Å². The van der Waals surface area contributed by atoms with Gasteiger partial charge < -0.3 is 10.2 Å². The Balaban J connectivity index is 1.53. The molecule has 5 nitrogen and oxygen atoms in total. The summed E-state index contributed by atoms with van der Waals surface area (Å²) in [7, 11) is 3.89. The standard InChI is InChI=1S/C18H31N5/c1-14-6-4-5-7-15(14)10-20-18(19-2)23-9-8-16(13-23)17-11-21-22(3)12-17/h11-12,14-16H,4-10,13H2,1-3H3,(H,19,20). The summed E-state index contributed by atoms with van der Waals surface area (Å²) in [6, 6.07) is 0. The lowest BCUT2D eigenvalue weighted by Crippen LogP contribution is -2.43. The van der Waals surface area contributed by atoms with E-state index in [1.165, 1.54) is 37.7 Å². The van der Waals surface area contributed by atoms with E-state index in [1.807, 2.05) is 25.0 Å². The number of aryl methyl sites for hydroxylation is 1. The van der Waals surface area contributed by atoms with Crippen LogP contribution in [-0.4, -0.2) is 47.3 Å². The normalized spacial score (nSPS) is 29.1. The first-order valence-corrected chi connectivity index (χ1v) is 9.11. The van der Waals surface area contributed by atoms with Crippen molar-refractivity contribution in [2.45, 2.75) is 44.9 Å². The minimum absolute atomic E-state index is 0.579. The van der Waals surface area contributed by atoms with Crippen molar-refractivity contribution in [1.82, 2.24) is 20.0 Å². The minimum atomic E-state index is 0.579. The van der Waals surface area contributed by atoms with E-state index < -0.39 is 0 Å². The lowest BCUT2D eigenvalue weighted by molar-refractivity contribution is 0.254. The molecule has 1 saturated carbocycles. The first kappa shape index (κ1) is 16.3. The van der Waals surface area contributed by atoms with Gasteiger partial charge in [-0.3, -0.25) is 9.67 Å². The summed E-state index contributed by atoms with van der Waals surface area (Å²) in [4.78, 5) is 6.93. The van der Waals surface area contributed by atoms with E-state index >= 15 is 0 Å². The molecule has 3 unspecified atom stereocenters. The highest BCUT2D eigenvalue weighted by Crippen LogP contribution is 2.29. The summed E-state index contributed by atoms with van der Waals surface area (Å²) < 4.78 is 1.90. The third kappa shape index (κ3) is 3.88. The number of hydrogen-bond donors (Lipinski definition) is 1. The lowest BCUT2D eigenvalue weighted by Gasteiger charge is -2.30. The topological polar surface area (TPSA) is 45.5 Å². The van der Waals surface area contributed by atoms with Gasteiger partial charge in [0.15, 0.2) is 5.96 Å². The van der Waals surface area contributed by atoms with E-state index in [9.17, 15) is 0 Å². The van der Waals surface area contributed by atoms with Crippen LogP contribution in [0.15, 0.2) is 17.4 Å². The Hall–Kier alpha value is -1.52. The molecule has 2 aliphatic rings. The summed E-state index contributed by atoms with van der Waals surface area (Å²) in [6.07, 6.45) is 10.9. The van der Waals surface area contributed by atoms with Crippen molar-refractivity contribution in [3.8, 4) is 0 Å². The van der Waals surface area contributed by atoms with Gasteiger partial charge in [-0.15, -0.1) is 0 Å². The van der Waals surface area contributed by atoms with Crippen LogP contribution in [0.1, 0.15) is 50.5 Å². The average Bonchev–Trinajstić information content (AvgIpc) is 3.19. The molecule has 5 heteroatoms. The molecular weight excluding hydrogens is 286 g/mol. The zero-order valence-corrected chi connectivity index (χ0v) is 14.8. The first-order valence-electron chi connectivity index (χ1n) is 9.11. The number of aromatic nitrogens is 2. The third-order valence-corrected chi connectivity index (χ3v) is 5.71. The van der Waals surface area contributed by atoms with Crippen molar-refractivity contribution in [3.05, 3.63) is 18.0 Å². The quantitative estimate of drug-likeness (QED) is 0.688. The van der Waals surface area contributed by atoms with Crippen LogP contribution >= 0.6 is 0 Å². The van der Waals surface area contributed by atoms with E-state index in [0.29, 0.717) is 5.92 Å². The molecule has 1 aromatic rings. The summed E-state index contributed by atoms with van der Waals surface area (Å²) in [5, 5.41) is 7.95. The van der Waals surface area contributed by atoms with Crippen LogP contribution in [0.25, 0.3) is 0 Å². The molecule has 1 N–H and O–H groups in total. The molecular formula is C18H31N5. The number of aliphatic imine (C=N–C) groups is 1.